The monoisotopic (exact) mass is 272 g/mol. The van der Waals surface area contributed by atoms with Crippen molar-refractivity contribution in [2.75, 3.05) is 0 Å². The van der Waals surface area contributed by atoms with E-state index in [1.165, 1.54) is 6.07 Å². The van der Waals surface area contributed by atoms with E-state index in [1.807, 2.05) is 12.1 Å². The van der Waals surface area contributed by atoms with Crippen LogP contribution in [0.4, 0.5) is 0 Å². The highest BCUT2D eigenvalue weighted by molar-refractivity contribution is 5.44. The molecule has 2 aromatic rings. The summed E-state index contributed by atoms with van der Waals surface area (Å²) < 4.78 is 0. The molecule has 2 rings (SSSR count). The van der Waals surface area contributed by atoms with Crippen LogP contribution in [-0.2, 0) is 11.8 Å². The van der Waals surface area contributed by atoms with E-state index < -0.39 is 0 Å². The molecular formula is C17H20O3. The van der Waals surface area contributed by atoms with Gasteiger partial charge in [-0.1, -0.05) is 32.9 Å². The summed E-state index contributed by atoms with van der Waals surface area (Å²) in [5.41, 5.74) is 2.57. The summed E-state index contributed by atoms with van der Waals surface area (Å²) in [5, 5.41) is 29.1. The topological polar surface area (TPSA) is 60.7 Å². The van der Waals surface area contributed by atoms with Crippen LogP contribution >= 0.6 is 0 Å². The average Bonchev–Trinajstić information content (AvgIpc) is 2.29. The summed E-state index contributed by atoms with van der Waals surface area (Å²) in [6.45, 7) is 6.28. The molecule has 0 atom stereocenters. The molecule has 0 saturated carbocycles. The van der Waals surface area contributed by atoms with Crippen LogP contribution in [0, 0.1) is 0 Å². The highest BCUT2D eigenvalue weighted by Crippen LogP contribution is 2.30. The largest absolute Gasteiger partial charge is 0.508 e. The Bertz CT molecular complexity index is 604. The van der Waals surface area contributed by atoms with Gasteiger partial charge in [-0.05, 0) is 40.3 Å². The van der Waals surface area contributed by atoms with Crippen LogP contribution in [0.1, 0.15) is 37.5 Å². The van der Waals surface area contributed by atoms with Crippen molar-refractivity contribution >= 4 is 0 Å². The van der Waals surface area contributed by atoms with Gasteiger partial charge in [0.05, 0.1) is 0 Å². The Kier molecular flexibility index (Phi) is 3.62. The molecule has 3 nitrogen and oxygen atoms in total. The molecular weight excluding hydrogens is 252 g/mol. The van der Waals surface area contributed by atoms with E-state index in [-0.39, 0.29) is 22.7 Å². The van der Waals surface area contributed by atoms with Crippen molar-refractivity contribution in [1.82, 2.24) is 0 Å². The fourth-order valence-corrected chi connectivity index (χ4v) is 2.16. The lowest BCUT2D eigenvalue weighted by Crippen LogP contribution is -2.10. The number of phenols is 3. The number of hydrogen-bond acceptors (Lipinski definition) is 3. The molecule has 0 heterocycles. The quantitative estimate of drug-likeness (QED) is 0.781. The second-order valence-corrected chi connectivity index (χ2v) is 6.13. The molecule has 106 valence electrons. The lowest BCUT2D eigenvalue weighted by Gasteiger charge is -2.20. The van der Waals surface area contributed by atoms with Gasteiger partial charge in [-0.2, -0.15) is 0 Å². The predicted molar refractivity (Wildman–Crippen MR) is 79.4 cm³/mol. The Labute approximate surface area is 119 Å². The van der Waals surface area contributed by atoms with E-state index in [0.717, 1.165) is 16.7 Å². The molecule has 0 aliphatic heterocycles. The van der Waals surface area contributed by atoms with Gasteiger partial charge in [0.1, 0.15) is 17.2 Å². The molecule has 0 saturated heterocycles. The smallest absolute Gasteiger partial charge is 0.119 e. The maximum absolute atomic E-state index is 10.1. The summed E-state index contributed by atoms with van der Waals surface area (Å²) in [7, 11) is 0. The van der Waals surface area contributed by atoms with Crippen LogP contribution in [0.15, 0.2) is 36.4 Å². The highest BCUT2D eigenvalue weighted by Gasteiger charge is 2.15. The fourth-order valence-electron chi connectivity index (χ4n) is 2.16. The highest BCUT2D eigenvalue weighted by atomic mass is 16.3. The van der Waals surface area contributed by atoms with E-state index >= 15 is 0 Å². The standard InChI is InChI=1S/C17H20O3/c1-17(2,3)13-5-4-12(16(20)9-13)6-11-7-14(18)10-15(19)8-11/h4-5,7-10,18-20H,6H2,1-3H3. The van der Waals surface area contributed by atoms with E-state index in [9.17, 15) is 15.3 Å². The number of hydrogen-bond donors (Lipinski definition) is 3. The molecule has 0 aromatic heterocycles. The van der Waals surface area contributed by atoms with Gasteiger partial charge in [0.25, 0.3) is 0 Å². The fraction of sp³-hybridized carbons (Fsp3) is 0.294. The van der Waals surface area contributed by atoms with Crippen molar-refractivity contribution in [1.29, 1.82) is 0 Å². The van der Waals surface area contributed by atoms with Crippen LogP contribution < -0.4 is 0 Å². The van der Waals surface area contributed by atoms with Gasteiger partial charge in [-0.3, -0.25) is 0 Å². The van der Waals surface area contributed by atoms with E-state index in [0.29, 0.717) is 6.42 Å². The molecule has 0 bridgehead atoms. The second-order valence-electron chi connectivity index (χ2n) is 6.13. The van der Waals surface area contributed by atoms with Gasteiger partial charge in [-0.25, -0.2) is 0 Å². The number of benzene rings is 2. The van der Waals surface area contributed by atoms with E-state index in [2.05, 4.69) is 20.8 Å². The third-order valence-electron chi connectivity index (χ3n) is 3.31. The number of phenolic OH excluding ortho intramolecular Hbond substituents is 3. The Hall–Kier alpha value is -2.16. The van der Waals surface area contributed by atoms with Crippen molar-refractivity contribution in [3.8, 4) is 17.2 Å². The Balaban J connectivity index is 2.30. The van der Waals surface area contributed by atoms with Crippen LogP contribution in [0.2, 0.25) is 0 Å². The second kappa shape index (κ2) is 5.08. The van der Waals surface area contributed by atoms with Crippen LogP contribution in [0.3, 0.4) is 0 Å². The molecule has 0 unspecified atom stereocenters. The SMILES string of the molecule is CC(C)(C)c1ccc(Cc2cc(O)cc(O)c2)c(O)c1. The van der Waals surface area contributed by atoms with Crippen molar-refractivity contribution < 1.29 is 15.3 Å². The van der Waals surface area contributed by atoms with Crippen LogP contribution in [0.25, 0.3) is 0 Å². The Morgan fingerprint density at radius 2 is 1.45 bits per heavy atom. The maximum Gasteiger partial charge on any atom is 0.119 e. The summed E-state index contributed by atoms with van der Waals surface area (Å²) >= 11 is 0. The first-order valence-corrected chi connectivity index (χ1v) is 6.60. The third-order valence-corrected chi connectivity index (χ3v) is 3.31. The first-order chi connectivity index (χ1) is 9.25. The van der Waals surface area contributed by atoms with Gasteiger partial charge in [0.2, 0.25) is 0 Å². The average molecular weight is 272 g/mol. The van der Waals surface area contributed by atoms with Crippen molar-refractivity contribution in [3.63, 3.8) is 0 Å². The molecule has 0 spiro atoms. The zero-order valence-corrected chi connectivity index (χ0v) is 12.0. The molecule has 0 aliphatic rings. The van der Waals surface area contributed by atoms with Gasteiger partial charge in [-0.15, -0.1) is 0 Å². The van der Waals surface area contributed by atoms with Gasteiger partial charge >= 0.3 is 0 Å². The van der Waals surface area contributed by atoms with E-state index in [4.69, 9.17) is 0 Å². The first-order valence-electron chi connectivity index (χ1n) is 6.60. The van der Waals surface area contributed by atoms with Gasteiger partial charge < -0.3 is 15.3 Å². The summed E-state index contributed by atoms with van der Waals surface area (Å²) in [6, 6.07) is 10.1. The maximum atomic E-state index is 10.1. The van der Waals surface area contributed by atoms with Crippen LogP contribution in [-0.4, -0.2) is 15.3 Å². The molecule has 3 heteroatoms. The minimum Gasteiger partial charge on any atom is -0.508 e. The summed E-state index contributed by atoms with van der Waals surface area (Å²) in [4.78, 5) is 0. The molecule has 20 heavy (non-hydrogen) atoms. The predicted octanol–water partition coefficient (Wildman–Crippen LogP) is 3.69. The van der Waals surface area contributed by atoms with Crippen molar-refractivity contribution in [2.24, 2.45) is 0 Å². The van der Waals surface area contributed by atoms with Crippen molar-refractivity contribution in [2.45, 2.75) is 32.6 Å². The van der Waals surface area contributed by atoms with Crippen molar-refractivity contribution in [3.05, 3.63) is 53.1 Å². The first kappa shape index (κ1) is 14.3. The van der Waals surface area contributed by atoms with Gasteiger partial charge in [0, 0.05) is 12.5 Å². The Morgan fingerprint density at radius 3 is 1.95 bits per heavy atom. The van der Waals surface area contributed by atoms with Crippen LogP contribution in [0.5, 0.6) is 17.2 Å². The molecule has 2 aromatic carbocycles. The molecule has 0 amide bonds. The molecule has 0 fully saturated rings. The Morgan fingerprint density at radius 1 is 0.850 bits per heavy atom. The zero-order valence-electron chi connectivity index (χ0n) is 12.0. The minimum absolute atomic E-state index is 0.0146. The number of rotatable bonds is 2. The number of aromatic hydroxyl groups is 3. The normalized spacial score (nSPS) is 11.6. The lowest BCUT2D eigenvalue weighted by molar-refractivity contribution is 0.448. The zero-order chi connectivity index (χ0) is 14.9. The summed E-state index contributed by atoms with van der Waals surface area (Å²) in [5.74, 6) is 0.275. The molecule has 0 radical (unpaired) electrons. The third kappa shape index (κ3) is 3.23. The lowest BCUT2D eigenvalue weighted by atomic mass is 9.86. The molecule has 0 aliphatic carbocycles. The minimum atomic E-state index is -0.0146. The summed E-state index contributed by atoms with van der Waals surface area (Å²) in [6.07, 6.45) is 0.457. The molecule has 3 N–H and O–H groups in total. The van der Waals surface area contributed by atoms with Gasteiger partial charge in [0.15, 0.2) is 0 Å². The van der Waals surface area contributed by atoms with E-state index in [1.54, 1.807) is 18.2 Å².